The maximum Gasteiger partial charge on any atom is 0.264 e. The highest BCUT2D eigenvalue weighted by Crippen LogP contribution is 2.33. The number of amides is 2. The number of para-hydroxylation sites is 2. The number of methoxy groups -OCH3 is 2. The van der Waals surface area contributed by atoms with Crippen LogP contribution >= 0.6 is 0 Å². The third-order valence-corrected chi connectivity index (χ3v) is 7.66. The fraction of sp³-hybridized carbons (Fsp3) is 0.259. The van der Waals surface area contributed by atoms with Gasteiger partial charge in [-0.1, -0.05) is 42.5 Å². The number of benzene rings is 3. The molecule has 0 radical (unpaired) electrons. The first-order valence-electron chi connectivity index (χ1n) is 11.6. The Morgan fingerprint density at radius 3 is 2.11 bits per heavy atom. The molecule has 0 bridgehead atoms. The van der Waals surface area contributed by atoms with Gasteiger partial charge in [-0.05, 0) is 48.9 Å². The van der Waals surface area contributed by atoms with Gasteiger partial charge in [0.15, 0.2) is 0 Å². The van der Waals surface area contributed by atoms with Crippen LogP contribution < -0.4 is 19.1 Å². The third kappa shape index (κ3) is 6.39. The summed E-state index contributed by atoms with van der Waals surface area (Å²) >= 11 is 0. The number of anilines is 1. The van der Waals surface area contributed by atoms with Gasteiger partial charge in [-0.3, -0.25) is 13.9 Å². The molecule has 196 valence electrons. The normalized spacial score (nSPS) is 11.8. The Bertz CT molecular complexity index is 1310. The Morgan fingerprint density at radius 2 is 1.51 bits per heavy atom. The Kier molecular flexibility index (Phi) is 9.13. The molecule has 1 atom stereocenters. The van der Waals surface area contributed by atoms with Gasteiger partial charge in [0.05, 0.1) is 24.8 Å². The lowest BCUT2D eigenvalue weighted by Gasteiger charge is -2.32. The number of carbonyl (C=O) groups is 2. The summed E-state index contributed by atoms with van der Waals surface area (Å²) in [5.41, 5.74) is 0.995. The maximum atomic E-state index is 13.9. The zero-order valence-corrected chi connectivity index (χ0v) is 22.1. The van der Waals surface area contributed by atoms with Crippen molar-refractivity contribution in [2.24, 2.45) is 0 Å². The molecule has 0 saturated carbocycles. The number of hydrogen-bond acceptors (Lipinski definition) is 6. The lowest BCUT2D eigenvalue weighted by Crippen LogP contribution is -2.50. The highest BCUT2D eigenvalue weighted by Gasteiger charge is 2.33. The number of carbonyl (C=O) groups excluding carboxylic acids is 2. The van der Waals surface area contributed by atoms with Crippen LogP contribution in [-0.4, -0.2) is 59.0 Å². The second kappa shape index (κ2) is 12.3. The Hall–Kier alpha value is -4.05. The number of nitrogens with zero attached hydrogens (tertiary/aromatic N) is 2. The van der Waals surface area contributed by atoms with Crippen molar-refractivity contribution in [1.82, 2.24) is 10.2 Å². The minimum Gasteiger partial charge on any atom is -0.497 e. The van der Waals surface area contributed by atoms with Gasteiger partial charge in [0.1, 0.15) is 24.1 Å². The third-order valence-electron chi connectivity index (χ3n) is 5.89. The van der Waals surface area contributed by atoms with Crippen LogP contribution in [-0.2, 0) is 26.2 Å². The van der Waals surface area contributed by atoms with Crippen LogP contribution in [0.4, 0.5) is 5.69 Å². The van der Waals surface area contributed by atoms with E-state index in [0.29, 0.717) is 5.75 Å². The monoisotopic (exact) mass is 525 g/mol. The van der Waals surface area contributed by atoms with E-state index in [1.165, 1.54) is 50.4 Å². The summed E-state index contributed by atoms with van der Waals surface area (Å²) in [6.07, 6.45) is 0. The minimum atomic E-state index is -4.21. The first-order valence-corrected chi connectivity index (χ1v) is 13.0. The van der Waals surface area contributed by atoms with Gasteiger partial charge in [0.2, 0.25) is 11.8 Å². The van der Waals surface area contributed by atoms with Crippen LogP contribution in [0.1, 0.15) is 12.5 Å². The predicted octanol–water partition coefficient (Wildman–Crippen LogP) is 3.06. The van der Waals surface area contributed by atoms with Gasteiger partial charge in [-0.2, -0.15) is 0 Å². The topological polar surface area (TPSA) is 105 Å². The Morgan fingerprint density at radius 1 is 0.892 bits per heavy atom. The zero-order valence-electron chi connectivity index (χ0n) is 21.2. The molecule has 0 spiro atoms. The number of nitrogens with one attached hydrogen (secondary N) is 1. The largest absolute Gasteiger partial charge is 0.497 e. The number of likely N-dealkylation sites (N-methyl/N-ethyl adjacent to an activating group) is 1. The van der Waals surface area contributed by atoms with E-state index in [1.54, 1.807) is 31.2 Å². The van der Waals surface area contributed by atoms with E-state index in [1.807, 2.05) is 30.3 Å². The summed E-state index contributed by atoms with van der Waals surface area (Å²) in [6.45, 7) is 1.17. The average Bonchev–Trinajstić information content (AvgIpc) is 2.94. The molecule has 0 fully saturated rings. The number of hydrogen-bond donors (Lipinski definition) is 1. The van der Waals surface area contributed by atoms with Crippen molar-refractivity contribution < 1.29 is 27.5 Å². The van der Waals surface area contributed by atoms with E-state index < -0.39 is 28.5 Å². The van der Waals surface area contributed by atoms with Gasteiger partial charge in [0, 0.05) is 13.6 Å². The first kappa shape index (κ1) is 27.5. The predicted molar refractivity (Wildman–Crippen MR) is 141 cm³/mol. The molecule has 9 nitrogen and oxygen atoms in total. The van der Waals surface area contributed by atoms with Crippen LogP contribution in [0.5, 0.6) is 11.5 Å². The van der Waals surface area contributed by atoms with Crippen molar-refractivity contribution in [3.8, 4) is 11.5 Å². The molecule has 0 aromatic heterocycles. The van der Waals surface area contributed by atoms with E-state index in [2.05, 4.69) is 5.32 Å². The van der Waals surface area contributed by atoms with E-state index in [4.69, 9.17) is 9.47 Å². The van der Waals surface area contributed by atoms with Crippen molar-refractivity contribution in [3.63, 3.8) is 0 Å². The van der Waals surface area contributed by atoms with Crippen molar-refractivity contribution in [3.05, 3.63) is 84.4 Å². The van der Waals surface area contributed by atoms with Gasteiger partial charge < -0.3 is 19.7 Å². The molecule has 0 aliphatic heterocycles. The second-order valence-corrected chi connectivity index (χ2v) is 10.0. The minimum absolute atomic E-state index is 0.0269. The van der Waals surface area contributed by atoms with E-state index in [0.717, 1.165) is 9.87 Å². The summed E-state index contributed by atoms with van der Waals surface area (Å²) < 4.78 is 39.3. The zero-order chi connectivity index (χ0) is 27.0. The molecule has 0 heterocycles. The maximum absolute atomic E-state index is 13.9. The molecule has 0 saturated heterocycles. The van der Waals surface area contributed by atoms with Gasteiger partial charge in [-0.15, -0.1) is 0 Å². The molecule has 0 aliphatic carbocycles. The molecule has 3 aromatic carbocycles. The molecule has 3 aromatic rings. The van der Waals surface area contributed by atoms with Crippen LogP contribution in [0.2, 0.25) is 0 Å². The van der Waals surface area contributed by atoms with Crippen LogP contribution in [0, 0.1) is 0 Å². The smallest absolute Gasteiger partial charge is 0.264 e. The fourth-order valence-electron chi connectivity index (χ4n) is 3.80. The van der Waals surface area contributed by atoms with E-state index in [-0.39, 0.29) is 28.8 Å². The van der Waals surface area contributed by atoms with Crippen molar-refractivity contribution >= 4 is 27.5 Å². The number of sulfonamides is 1. The molecule has 0 unspecified atom stereocenters. The Labute approximate surface area is 217 Å². The highest BCUT2D eigenvalue weighted by atomic mass is 32.2. The summed E-state index contributed by atoms with van der Waals surface area (Å²) in [7, 11) is 0.180. The highest BCUT2D eigenvalue weighted by molar-refractivity contribution is 7.92. The molecular weight excluding hydrogens is 494 g/mol. The summed E-state index contributed by atoms with van der Waals surface area (Å²) in [4.78, 5) is 27.6. The standard InChI is InChI=1S/C27H31N3O6S/c1-20(27(32)28-2)29(18-21-10-6-5-7-11-21)26(31)19-30(24-12-8-9-13-25(24)36-4)37(33,34)23-16-14-22(35-3)15-17-23/h5-17,20H,18-19H2,1-4H3,(H,28,32)/t20-/m1/s1. The number of rotatable bonds is 11. The van der Waals surface area contributed by atoms with Gasteiger partial charge in [0.25, 0.3) is 10.0 Å². The quantitative estimate of drug-likeness (QED) is 0.413. The van der Waals surface area contributed by atoms with E-state index >= 15 is 0 Å². The van der Waals surface area contributed by atoms with Crippen LogP contribution in [0.25, 0.3) is 0 Å². The molecule has 2 amide bonds. The fourth-order valence-corrected chi connectivity index (χ4v) is 5.22. The number of ether oxygens (including phenoxy) is 2. The van der Waals surface area contributed by atoms with E-state index in [9.17, 15) is 18.0 Å². The summed E-state index contributed by atoms with van der Waals surface area (Å²) in [6, 6.07) is 20.8. The first-order chi connectivity index (χ1) is 17.7. The lowest BCUT2D eigenvalue weighted by atomic mass is 10.1. The molecule has 37 heavy (non-hydrogen) atoms. The van der Waals surface area contributed by atoms with Crippen molar-refractivity contribution in [1.29, 1.82) is 0 Å². The molecule has 0 aliphatic rings. The van der Waals surface area contributed by atoms with Crippen LogP contribution in [0.3, 0.4) is 0 Å². The second-order valence-electron chi connectivity index (χ2n) is 8.16. The molecule has 1 N–H and O–H groups in total. The molecule has 3 rings (SSSR count). The summed E-state index contributed by atoms with van der Waals surface area (Å²) in [5, 5.41) is 2.56. The molecule has 10 heteroatoms. The van der Waals surface area contributed by atoms with Crippen molar-refractivity contribution in [2.75, 3.05) is 32.1 Å². The summed E-state index contributed by atoms with van der Waals surface area (Å²) in [5.74, 6) is -0.150. The van der Waals surface area contributed by atoms with Gasteiger partial charge in [-0.25, -0.2) is 8.42 Å². The van der Waals surface area contributed by atoms with Crippen LogP contribution in [0.15, 0.2) is 83.8 Å². The van der Waals surface area contributed by atoms with Gasteiger partial charge >= 0.3 is 0 Å². The SMILES string of the molecule is CNC(=O)[C@@H](C)N(Cc1ccccc1)C(=O)CN(c1ccccc1OC)S(=O)(=O)c1ccc(OC)cc1. The lowest BCUT2D eigenvalue weighted by molar-refractivity contribution is -0.139. The Balaban J connectivity index is 2.06. The van der Waals surface area contributed by atoms with Crippen molar-refractivity contribution in [2.45, 2.75) is 24.4 Å². The molecular formula is C27H31N3O6S. The average molecular weight is 526 g/mol.